The van der Waals surface area contributed by atoms with Gasteiger partial charge in [0.05, 0.1) is 11.9 Å². The highest BCUT2D eigenvalue weighted by atomic mass is 32.2. The van der Waals surface area contributed by atoms with Crippen molar-refractivity contribution in [1.29, 1.82) is 0 Å². The predicted octanol–water partition coefficient (Wildman–Crippen LogP) is 4.24. The Balaban J connectivity index is 1.27. The molecule has 4 rings (SSSR count). The van der Waals surface area contributed by atoms with E-state index in [9.17, 15) is 9.59 Å². The standard InChI is InChI=1S/C26H25N3O3S/c1-2-18-8-11-21(27-17-18)14-15-32-22-12-9-19(10-13-22)16-23-25(31)29-26(33-23)28-24(30)20-6-4-3-5-7-20/h3-13,17,23H,2,14-16H2,1H3,(H,28,29,30,31). The quantitative estimate of drug-likeness (QED) is 0.545. The molecule has 0 aliphatic carbocycles. The summed E-state index contributed by atoms with van der Waals surface area (Å²) < 4.78 is 5.83. The van der Waals surface area contributed by atoms with E-state index < -0.39 is 0 Å². The minimum absolute atomic E-state index is 0.137. The number of carbonyl (C=O) groups excluding carboxylic acids is 2. The number of aryl methyl sites for hydroxylation is 1. The Morgan fingerprint density at radius 2 is 1.82 bits per heavy atom. The van der Waals surface area contributed by atoms with Crippen molar-refractivity contribution >= 4 is 28.7 Å². The van der Waals surface area contributed by atoms with E-state index >= 15 is 0 Å². The Morgan fingerprint density at radius 3 is 2.52 bits per heavy atom. The topological polar surface area (TPSA) is 80.6 Å². The van der Waals surface area contributed by atoms with Crippen LogP contribution in [0, 0.1) is 0 Å². The average molecular weight is 460 g/mol. The van der Waals surface area contributed by atoms with Gasteiger partial charge in [-0.1, -0.05) is 55.1 Å². The number of aromatic nitrogens is 1. The second-order valence-electron chi connectivity index (χ2n) is 7.64. The summed E-state index contributed by atoms with van der Waals surface area (Å²) in [6, 6.07) is 20.7. The van der Waals surface area contributed by atoms with Gasteiger partial charge in [-0.25, -0.2) is 0 Å². The molecule has 1 aromatic heterocycles. The maximum Gasteiger partial charge on any atom is 0.279 e. The van der Waals surface area contributed by atoms with E-state index in [0.717, 1.165) is 29.8 Å². The van der Waals surface area contributed by atoms with Gasteiger partial charge in [0, 0.05) is 23.9 Å². The number of carbonyl (C=O) groups is 2. The zero-order valence-corrected chi connectivity index (χ0v) is 19.2. The number of aliphatic imine (C=N–C) groups is 1. The minimum Gasteiger partial charge on any atom is -0.493 e. The summed E-state index contributed by atoms with van der Waals surface area (Å²) in [6.07, 6.45) is 4.18. The van der Waals surface area contributed by atoms with Gasteiger partial charge in [0.2, 0.25) is 5.91 Å². The van der Waals surface area contributed by atoms with Gasteiger partial charge in [-0.05, 0) is 54.3 Å². The van der Waals surface area contributed by atoms with E-state index in [1.807, 2.05) is 42.6 Å². The van der Waals surface area contributed by atoms with Crippen LogP contribution in [0.1, 0.15) is 34.1 Å². The first kappa shape index (κ1) is 22.7. The molecular formula is C26H25N3O3S. The maximum absolute atomic E-state index is 12.3. The van der Waals surface area contributed by atoms with Crippen LogP contribution in [0.25, 0.3) is 0 Å². The van der Waals surface area contributed by atoms with E-state index in [2.05, 4.69) is 28.3 Å². The normalized spacial score (nSPS) is 16.6. The van der Waals surface area contributed by atoms with E-state index in [4.69, 9.17) is 4.74 Å². The molecule has 2 heterocycles. The molecule has 3 aromatic rings. The monoisotopic (exact) mass is 459 g/mol. The summed E-state index contributed by atoms with van der Waals surface area (Å²) in [4.78, 5) is 33.1. The van der Waals surface area contributed by atoms with Crippen molar-refractivity contribution in [1.82, 2.24) is 10.3 Å². The highest BCUT2D eigenvalue weighted by Gasteiger charge is 2.30. The third-order valence-electron chi connectivity index (χ3n) is 5.27. The molecule has 0 bridgehead atoms. The number of benzene rings is 2. The average Bonchev–Trinajstić information content (AvgIpc) is 3.19. The third kappa shape index (κ3) is 6.29. The molecule has 2 aromatic carbocycles. The van der Waals surface area contributed by atoms with Crippen LogP contribution in [0.3, 0.4) is 0 Å². The summed E-state index contributed by atoms with van der Waals surface area (Å²) in [5.74, 6) is 0.279. The summed E-state index contributed by atoms with van der Waals surface area (Å²) in [6.45, 7) is 2.66. The van der Waals surface area contributed by atoms with Crippen LogP contribution < -0.4 is 10.1 Å². The van der Waals surface area contributed by atoms with Gasteiger partial charge in [0.25, 0.3) is 5.91 Å². The molecule has 1 aliphatic rings. The van der Waals surface area contributed by atoms with Crippen LogP contribution in [0.4, 0.5) is 0 Å². The maximum atomic E-state index is 12.3. The van der Waals surface area contributed by atoms with Crippen molar-refractivity contribution in [2.45, 2.75) is 31.4 Å². The van der Waals surface area contributed by atoms with Gasteiger partial charge in [0.1, 0.15) is 5.75 Å². The van der Waals surface area contributed by atoms with E-state index in [1.54, 1.807) is 24.3 Å². The van der Waals surface area contributed by atoms with Crippen LogP contribution in [-0.4, -0.2) is 33.8 Å². The molecule has 2 amide bonds. The SMILES string of the molecule is CCc1ccc(CCOc2ccc(CC3SC(=NC(=O)c4ccccc4)NC3=O)cc2)nc1. The number of hydrogen-bond acceptors (Lipinski definition) is 5. The molecule has 0 spiro atoms. The number of nitrogens with one attached hydrogen (secondary N) is 1. The number of amides is 2. The molecule has 0 radical (unpaired) electrons. The second kappa shape index (κ2) is 10.9. The first-order valence-electron chi connectivity index (χ1n) is 10.9. The van der Waals surface area contributed by atoms with Crippen molar-refractivity contribution < 1.29 is 14.3 Å². The Morgan fingerprint density at radius 1 is 1.06 bits per heavy atom. The summed E-state index contributed by atoms with van der Waals surface area (Å²) in [7, 11) is 0. The van der Waals surface area contributed by atoms with Crippen LogP contribution in [0.5, 0.6) is 5.75 Å². The molecule has 33 heavy (non-hydrogen) atoms. The number of ether oxygens (including phenoxy) is 1. The molecule has 0 saturated carbocycles. The molecule has 6 nitrogen and oxygen atoms in total. The van der Waals surface area contributed by atoms with Gasteiger partial charge in [0.15, 0.2) is 5.17 Å². The number of thioether (sulfide) groups is 1. The lowest BCUT2D eigenvalue weighted by Gasteiger charge is -2.09. The van der Waals surface area contributed by atoms with Crippen molar-refractivity contribution in [2.24, 2.45) is 4.99 Å². The van der Waals surface area contributed by atoms with Crippen molar-refractivity contribution in [3.8, 4) is 5.75 Å². The van der Waals surface area contributed by atoms with Crippen LogP contribution in [0.15, 0.2) is 77.9 Å². The molecule has 1 saturated heterocycles. The molecule has 1 N–H and O–H groups in total. The molecule has 1 atom stereocenters. The Labute approximate surface area is 197 Å². The number of hydrogen-bond donors (Lipinski definition) is 1. The van der Waals surface area contributed by atoms with Crippen LogP contribution in [0.2, 0.25) is 0 Å². The van der Waals surface area contributed by atoms with E-state index in [0.29, 0.717) is 23.8 Å². The highest BCUT2D eigenvalue weighted by molar-refractivity contribution is 8.15. The number of rotatable bonds is 8. The number of amidine groups is 1. The van der Waals surface area contributed by atoms with Crippen molar-refractivity contribution in [3.05, 3.63) is 95.3 Å². The molecule has 1 unspecified atom stereocenters. The zero-order valence-electron chi connectivity index (χ0n) is 18.4. The summed E-state index contributed by atoms with van der Waals surface area (Å²) in [5, 5.41) is 2.73. The minimum atomic E-state index is -0.364. The fourth-order valence-electron chi connectivity index (χ4n) is 3.35. The third-order valence-corrected chi connectivity index (χ3v) is 6.35. The smallest absolute Gasteiger partial charge is 0.279 e. The molecule has 7 heteroatoms. The zero-order chi connectivity index (χ0) is 23.0. The van der Waals surface area contributed by atoms with Gasteiger partial charge >= 0.3 is 0 Å². The molecule has 1 aliphatic heterocycles. The molecular weight excluding hydrogens is 434 g/mol. The molecule has 1 fully saturated rings. The lowest BCUT2D eigenvalue weighted by atomic mass is 10.1. The fraction of sp³-hybridized carbons (Fsp3) is 0.231. The first-order chi connectivity index (χ1) is 16.1. The Kier molecular flexibility index (Phi) is 7.52. The predicted molar refractivity (Wildman–Crippen MR) is 131 cm³/mol. The van der Waals surface area contributed by atoms with Crippen molar-refractivity contribution in [2.75, 3.05) is 6.61 Å². The van der Waals surface area contributed by atoms with Gasteiger partial charge in [-0.15, -0.1) is 0 Å². The van der Waals surface area contributed by atoms with E-state index in [1.165, 1.54) is 17.3 Å². The van der Waals surface area contributed by atoms with Crippen LogP contribution in [-0.2, 0) is 24.1 Å². The lowest BCUT2D eigenvalue weighted by Crippen LogP contribution is -2.26. The van der Waals surface area contributed by atoms with E-state index in [-0.39, 0.29) is 17.1 Å². The number of nitrogens with zero attached hydrogens (tertiary/aromatic N) is 2. The van der Waals surface area contributed by atoms with Gasteiger partial charge < -0.3 is 10.1 Å². The van der Waals surface area contributed by atoms with Gasteiger partial charge in [-0.3, -0.25) is 14.6 Å². The number of pyridine rings is 1. The largest absolute Gasteiger partial charge is 0.493 e. The summed E-state index contributed by atoms with van der Waals surface area (Å²) >= 11 is 1.29. The summed E-state index contributed by atoms with van der Waals surface area (Å²) in [5.41, 5.74) is 3.75. The Bertz CT molecular complexity index is 1130. The second-order valence-corrected chi connectivity index (χ2v) is 8.83. The van der Waals surface area contributed by atoms with Crippen molar-refractivity contribution in [3.63, 3.8) is 0 Å². The highest BCUT2D eigenvalue weighted by Crippen LogP contribution is 2.24. The lowest BCUT2D eigenvalue weighted by molar-refractivity contribution is -0.118. The van der Waals surface area contributed by atoms with Crippen LogP contribution >= 0.6 is 11.8 Å². The molecule has 168 valence electrons. The Hall–Kier alpha value is -3.45. The fourth-order valence-corrected chi connectivity index (χ4v) is 4.36. The van der Waals surface area contributed by atoms with Gasteiger partial charge in [-0.2, -0.15) is 4.99 Å². The first-order valence-corrected chi connectivity index (χ1v) is 11.8.